The van der Waals surface area contributed by atoms with Crippen molar-refractivity contribution in [3.8, 4) is 0 Å². The summed E-state index contributed by atoms with van der Waals surface area (Å²) in [6.45, 7) is 1.83. The van der Waals surface area contributed by atoms with Gasteiger partial charge in [0.2, 0.25) is 5.90 Å². The molecule has 8 nitrogen and oxygen atoms in total. The van der Waals surface area contributed by atoms with Crippen molar-refractivity contribution in [3.63, 3.8) is 0 Å². The fourth-order valence-electron chi connectivity index (χ4n) is 2.46. The quantitative estimate of drug-likeness (QED) is 0.552. The monoisotopic (exact) mass is 409 g/mol. The van der Waals surface area contributed by atoms with Crippen LogP contribution < -0.4 is 5.01 Å². The van der Waals surface area contributed by atoms with Crippen LogP contribution in [0.1, 0.15) is 13.3 Å². The number of carbonyl (C=O) groups is 1. The third-order valence-corrected chi connectivity index (χ3v) is 5.19. The van der Waals surface area contributed by atoms with Crippen molar-refractivity contribution in [2.75, 3.05) is 11.6 Å². The van der Waals surface area contributed by atoms with Crippen molar-refractivity contribution < 1.29 is 22.1 Å². The molecule has 0 saturated carbocycles. The molecule has 1 unspecified atom stereocenters. The van der Waals surface area contributed by atoms with Gasteiger partial charge in [-0.1, -0.05) is 29.8 Å². The third-order valence-electron chi connectivity index (χ3n) is 3.63. The Labute approximate surface area is 161 Å². The number of aromatic nitrogens is 1. The van der Waals surface area contributed by atoms with E-state index < -0.39 is 22.1 Å². The summed E-state index contributed by atoms with van der Waals surface area (Å²) >= 11 is 6.14. The van der Waals surface area contributed by atoms with Crippen molar-refractivity contribution in [2.24, 2.45) is 5.10 Å². The number of esters is 1. The number of hydrogen-bond acceptors (Lipinski definition) is 8. The average molecular weight is 410 g/mol. The number of carbonyl (C=O) groups excluding carboxylic acids is 1. The topological polar surface area (TPSA) is 98.2 Å². The molecule has 0 aliphatic carbocycles. The first-order valence-electron chi connectivity index (χ1n) is 8.05. The highest BCUT2D eigenvalue weighted by Crippen LogP contribution is 2.30. The Kier molecular flexibility index (Phi) is 5.62. The largest absolute Gasteiger partial charge is 0.464 e. The summed E-state index contributed by atoms with van der Waals surface area (Å²) in [5, 5.41) is 5.59. The Hall–Kier alpha value is -2.65. The Morgan fingerprint density at radius 1 is 1.26 bits per heavy atom. The molecule has 0 fully saturated rings. The molecule has 142 valence electrons. The smallest absolute Gasteiger partial charge is 0.340 e. The zero-order valence-electron chi connectivity index (χ0n) is 14.3. The molecule has 0 N–H and O–H groups in total. The van der Waals surface area contributed by atoms with E-state index in [4.69, 9.17) is 20.5 Å². The van der Waals surface area contributed by atoms with Crippen LogP contribution in [-0.4, -0.2) is 37.9 Å². The number of halogens is 1. The fraction of sp³-hybridized carbons (Fsp3) is 0.235. The molecular formula is C17H16ClN3O5S. The van der Waals surface area contributed by atoms with E-state index >= 15 is 0 Å². The SMILES string of the molecule is CCOC(=O)C1CC(OS(=O)(=O)c2ccccc2)=NN1c1ncccc1Cl. The molecule has 27 heavy (non-hydrogen) atoms. The molecule has 3 rings (SSSR count). The van der Waals surface area contributed by atoms with Gasteiger partial charge < -0.3 is 8.92 Å². The highest BCUT2D eigenvalue weighted by molar-refractivity contribution is 7.87. The summed E-state index contributed by atoms with van der Waals surface area (Å²) < 4.78 is 35.0. The van der Waals surface area contributed by atoms with E-state index in [1.807, 2.05) is 0 Å². The van der Waals surface area contributed by atoms with Crippen LogP contribution in [0, 0.1) is 0 Å². The van der Waals surface area contributed by atoms with Crippen LogP contribution in [0.15, 0.2) is 58.7 Å². The molecule has 1 atom stereocenters. The highest BCUT2D eigenvalue weighted by atomic mass is 35.5. The van der Waals surface area contributed by atoms with E-state index in [1.165, 1.54) is 23.3 Å². The molecule has 0 radical (unpaired) electrons. The van der Waals surface area contributed by atoms with E-state index in [9.17, 15) is 13.2 Å². The Morgan fingerprint density at radius 3 is 2.67 bits per heavy atom. The Morgan fingerprint density at radius 2 is 2.00 bits per heavy atom. The lowest BCUT2D eigenvalue weighted by atomic mass is 10.2. The zero-order chi connectivity index (χ0) is 19.4. The fourth-order valence-corrected chi connectivity index (χ4v) is 3.61. The number of ether oxygens (including phenoxy) is 1. The first-order valence-corrected chi connectivity index (χ1v) is 9.84. The third kappa shape index (κ3) is 4.20. The Balaban J connectivity index is 1.91. The van der Waals surface area contributed by atoms with Gasteiger partial charge in [-0.3, -0.25) is 0 Å². The minimum Gasteiger partial charge on any atom is -0.464 e. The summed E-state index contributed by atoms with van der Waals surface area (Å²) in [7, 11) is -4.08. The van der Waals surface area contributed by atoms with Gasteiger partial charge in [-0.15, -0.1) is 5.10 Å². The number of hydrogen-bond donors (Lipinski definition) is 0. The van der Waals surface area contributed by atoms with Crippen LogP contribution in [0.4, 0.5) is 5.82 Å². The molecule has 2 aromatic rings. The first-order chi connectivity index (χ1) is 12.9. The predicted molar refractivity (Wildman–Crippen MR) is 98.9 cm³/mol. The summed E-state index contributed by atoms with van der Waals surface area (Å²) in [5.74, 6) is -0.537. The number of anilines is 1. The van der Waals surface area contributed by atoms with Crippen LogP contribution in [0.25, 0.3) is 0 Å². The average Bonchev–Trinajstić information content (AvgIpc) is 3.06. The van der Waals surface area contributed by atoms with Crippen LogP contribution in [0.2, 0.25) is 5.02 Å². The highest BCUT2D eigenvalue weighted by Gasteiger charge is 2.39. The Bertz CT molecular complexity index is 966. The maximum Gasteiger partial charge on any atom is 0.340 e. The predicted octanol–water partition coefficient (Wildman–Crippen LogP) is 2.60. The number of nitrogens with zero attached hydrogens (tertiary/aromatic N) is 3. The molecule has 0 saturated heterocycles. The van der Waals surface area contributed by atoms with Crippen molar-refractivity contribution in [3.05, 3.63) is 53.7 Å². The van der Waals surface area contributed by atoms with Crippen molar-refractivity contribution in [1.29, 1.82) is 0 Å². The lowest BCUT2D eigenvalue weighted by molar-refractivity contribution is -0.144. The molecule has 10 heteroatoms. The van der Waals surface area contributed by atoms with Crippen LogP contribution in [0.3, 0.4) is 0 Å². The molecule has 1 aliphatic rings. The molecule has 0 spiro atoms. The van der Waals surface area contributed by atoms with Gasteiger partial charge in [-0.2, -0.15) is 8.42 Å². The number of pyridine rings is 1. The second kappa shape index (κ2) is 7.93. The molecule has 1 aromatic heterocycles. The molecule has 1 aromatic carbocycles. The van der Waals surface area contributed by atoms with E-state index in [1.54, 1.807) is 37.3 Å². The first kappa shape index (κ1) is 19.1. The van der Waals surface area contributed by atoms with Gasteiger partial charge in [-0.25, -0.2) is 14.8 Å². The normalized spacial score (nSPS) is 16.7. The standard InChI is InChI=1S/C17H16ClN3O5S/c1-2-25-17(22)14-11-15(20-21(14)16-13(18)9-6-10-19-16)26-27(23,24)12-7-4-3-5-8-12/h3-10,14H,2,11H2,1H3. The van der Waals surface area contributed by atoms with Gasteiger partial charge in [0.15, 0.2) is 11.9 Å². The minimum absolute atomic E-state index is 0.0188. The molecule has 1 aliphatic heterocycles. The van der Waals surface area contributed by atoms with Gasteiger partial charge >= 0.3 is 16.1 Å². The molecule has 0 amide bonds. The summed E-state index contributed by atoms with van der Waals surface area (Å²) in [4.78, 5) is 16.4. The van der Waals surface area contributed by atoms with Gasteiger partial charge in [0, 0.05) is 6.20 Å². The van der Waals surface area contributed by atoms with E-state index in [-0.39, 0.29) is 34.7 Å². The number of hydrazone groups is 1. The summed E-state index contributed by atoms with van der Waals surface area (Å²) in [5.41, 5.74) is 0. The maximum absolute atomic E-state index is 12.4. The van der Waals surface area contributed by atoms with Crippen LogP contribution in [0.5, 0.6) is 0 Å². The van der Waals surface area contributed by atoms with Gasteiger partial charge in [0.1, 0.15) is 4.90 Å². The van der Waals surface area contributed by atoms with Gasteiger partial charge in [-0.05, 0) is 31.2 Å². The number of rotatable bonds is 5. The summed E-state index contributed by atoms with van der Waals surface area (Å²) in [6.07, 6.45) is 1.39. The molecule has 2 heterocycles. The lowest BCUT2D eigenvalue weighted by Crippen LogP contribution is -2.36. The van der Waals surface area contributed by atoms with Gasteiger partial charge in [0.05, 0.1) is 18.1 Å². The second-order valence-corrected chi connectivity index (χ2v) is 7.42. The van der Waals surface area contributed by atoms with E-state index in [0.29, 0.717) is 0 Å². The van der Waals surface area contributed by atoms with Gasteiger partial charge in [0.25, 0.3) is 0 Å². The maximum atomic E-state index is 12.4. The van der Waals surface area contributed by atoms with Crippen molar-refractivity contribution in [2.45, 2.75) is 24.3 Å². The minimum atomic E-state index is -4.08. The lowest BCUT2D eigenvalue weighted by Gasteiger charge is -2.20. The van der Waals surface area contributed by atoms with E-state index in [2.05, 4.69) is 10.1 Å². The van der Waals surface area contributed by atoms with Crippen LogP contribution >= 0.6 is 11.6 Å². The molecular weight excluding hydrogens is 394 g/mol. The second-order valence-electron chi connectivity index (χ2n) is 5.47. The van der Waals surface area contributed by atoms with E-state index in [0.717, 1.165) is 0 Å². The van der Waals surface area contributed by atoms with Crippen molar-refractivity contribution >= 4 is 39.4 Å². The molecule has 0 bridgehead atoms. The number of benzene rings is 1. The zero-order valence-corrected chi connectivity index (χ0v) is 15.9. The van der Waals surface area contributed by atoms with Crippen LogP contribution in [-0.2, 0) is 23.8 Å². The summed E-state index contributed by atoms with van der Waals surface area (Å²) in [6, 6.07) is 9.93. The van der Waals surface area contributed by atoms with Crippen molar-refractivity contribution in [1.82, 2.24) is 4.98 Å².